The second-order valence-electron chi connectivity index (χ2n) is 3.26. The topological polar surface area (TPSA) is 86.8 Å². The molecule has 0 fully saturated rings. The standard InChI is InChI=1S/C9H15N5O/c1-2-3-11-5-8(15)6-14-7-12-9(4-10)13-14/h7-8,11,15H,2-3,5-6H2,1H3. The molecule has 0 bridgehead atoms. The molecule has 0 aromatic carbocycles. The molecule has 0 saturated heterocycles. The van der Waals surface area contributed by atoms with Crippen LogP contribution in [0.4, 0.5) is 0 Å². The fraction of sp³-hybridized carbons (Fsp3) is 0.667. The van der Waals surface area contributed by atoms with Crippen molar-refractivity contribution in [2.24, 2.45) is 0 Å². The second kappa shape index (κ2) is 6.11. The van der Waals surface area contributed by atoms with E-state index in [0.29, 0.717) is 13.1 Å². The number of hydrogen-bond donors (Lipinski definition) is 2. The number of aliphatic hydroxyl groups excluding tert-OH is 1. The van der Waals surface area contributed by atoms with Gasteiger partial charge in [-0.3, -0.25) is 0 Å². The zero-order valence-electron chi connectivity index (χ0n) is 8.72. The summed E-state index contributed by atoms with van der Waals surface area (Å²) >= 11 is 0. The number of nitrogens with one attached hydrogen (secondary N) is 1. The molecule has 0 spiro atoms. The highest BCUT2D eigenvalue weighted by Crippen LogP contribution is 1.91. The summed E-state index contributed by atoms with van der Waals surface area (Å²) in [5, 5.41) is 25.0. The van der Waals surface area contributed by atoms with E-state index in [1.807, 2.05) is 6.07 Å². The zero-order chi connectivity index (χ0) is 11.1. The van der Waals surface area contributed by atoms with Crippen LogP contribution in [0.2, 0.25) is 0 Å². The summed E-state index contributed by atoms with van der Waals surface area (Å²) in [6.07, 6.45) is 1.97. The van der Waals surface area contributed by atoms with Crippen molar-refractivity contribution < 1.29 is 5.11 Å². The Labute approximate surface area is 88.5 Å². The van der Waals surface area contributed by atoms with Crippen LogP contribution < -0.4 is 5.32 Å². The van der Waals surface area contributed by atoms with Gasteiger partial charge in [-0.1, -0.05) is 6.92 Å². The number of rotatable bonds is 6. The van der Waals surface area contributed by atoms with Crippen molar-refractivity contribution in [2.75, 3.05) is 13.1 Å². The van der Waals surface area contributed by atoms with E-state index in [0.717, 1.165) is 13.0 Å². The van der Waals surface area contributed by atoms with Gasteiger partial charge in [0.1, 0.15) is 12.4 Å². The first kappa shape index (κ1) is 11.6. The summed E-state index contributed by atoms with van der Waals surface area (Å²) in [6.45, 7) is 3.83. The van der Waals surface area contributed by atoms with Gasteiger partial charge in [0.25, 0.3) is 5.82 Å². The molecule has 15 heavy (non-hydrogen) atoms. The first-order valence-corrected chi connectivity index (χ1v) is 4.94. The van der Waals surface area contributed by atoms with Gasteiger partial charge in [-0.05, 0) is 13.0 Å². The summed E-state index contributed by atoms with van der Waals surface area (Å²) in [5.74, 6) is 0.128. The first-order chi connectivity index (χ1) is 7.26. The van der Waals surface area contributed by atoms with Crippen molar-refractivity contribution >= 4 is 0 Å². The smallest absolute Gasteiger partial charge is 0.252 e. The van der Waals surface area contributed by atoms with E-state index in [1.165, 1.54) is 11.0 Å². The summed E-state index contributed by atoms with van der Waals surface area (Å²) < 4.78 is 1.47. The summed E-state index contributed by atoms with van der Waals surface area (Å²) in [4.78, 5) is 3.74. The fourth-order valence-corrected chi connectivity index (χ4v) is 1.16. The van der Waals surface area contributed by atoms with Crippen molar-refractivity contribution in [3.05, 3.63) is 12.2 Å². The maximum Gasteiger partial charge on any atom is 0.252 e. The molecule has 0 aliphatic rings. The van der Waals surface area contributed by atoms with Gasteiger partial charge in [-0.15, -0.1) is 5.10 Å². The van der Waals surface area contributed by atoms with Crippen LogP contribution in [0.3, 0.4) is 0 Å². The Morgan fingerprint density at radius 2 is 2.53 bits per heavy atom. The predicted octanol–water partition coefficient (Wildman–Crippen LogP) is -0.490. The van der Waals surface area contributed by atoms with Crippen LogP contribution in [0.1, 0.15) is 19.2 Å². The molecule has 1 aromatic heterocycles. The molecule has 6 nitrogen and oxygen atoms in total. The van der Waals surface area contributed by atoms with Gasteiger partial charge in [0.15, 0.2) is 0 Å². The molecular weight excluding hydrogens is 194 g/mol. The lowest BCUT2D eigenvalue weighted by molar-refractivity contribution is 0.147. The number of nitrogens with zero attached hydrogens (tertiary/aromatic N) is 4. The van der Waals surface area contributed by atoms with Crippen LogP contribution >= 0.6 is 0 Å². The summed E-state index contributed by atoms with van der Waals surface area (Å²) in [7, 11) is 0. The van der Waals surface area contributed by atoms with Gasteiger partial charge in [-0.2, -0.15) is 5.26 Å². The van der Waals surface area contributed by atoms with Crippen LogP contribution in [-0.2, 0) is 6.54 Å². The van der Waals surface area contributed by atoms with E-state index in [4.69, 9.17) is 5.26 Å². The molecule has 0 saturated carbocycles. The van der Waals surface area contributed by atoms with Crippen LogP contribution in [0.15, 0.2) is 6.33 Å². The Kier molecular flexibility index (Phi) is 4.74. The third-order valence-corrected chi connectivity index (χ3v) is 1.84. The molecule has 1 unspecified atom stereocenters. The molecule has 1 heterocycles. The third kappa shape index (κ3) is 4.06. The second-order valence-corrected chi connectivity index (χ2v) is 3.26. The Morgan fingerprint density at radius 1 is 1.73 bits per heavy atom. The molecular formula is C9H15N5O. The van der Waals surface area contributed by atoms with E-state index in [-0.39, 0.29) is 5.82 Å². The maximum absolute atomic E-state index is 9.58. The van der Waals surface area contributed by atoms with Gasteiger partial charge in [0.05, 0.1) is 12.6 Å². The minimum atomic E-state index is -0.509. The van der Waals surface area contributed by atoms with Gasteiger partial charge in [0, 0.05) is 6.54 Å². The highest BCUT2D eigenvalue weighted by atomic mass is 16.3. The van der Waals surface area contributed by atoms with Crippen molar-refractivity contribution in [1.82, 2.24) is 20.1 Å². The lowest BCUT2D eigenvalue weighted by Gasteiger charge is -2.10. The zero-order valence-corrected chi connectivity index (χ0v) is 8.72. The lowest BCUT2D eigenvalue weighted by Crippen LogP contribution is -2.30. The molecule has 0 amide bonds. The Morgan fingerprint density at radius 3 is 3.13 bits per heavy atom. The van der Waals surface area contributed by atoms with Gasteiger partial charge < -0.3 is 10.4 Å². The first-order valence-electron chi connectivity index (χ1n) is 4.94. The SMILES string of the molecule is CCCNCC(O)Cn1cnc(C#N)n1. The van der Waals surface area contributed by atoms with E-state index in [1.54, 1.807) is 0 Å². The third-order valence-electron chi connectivity index (χ3n) is 1.84. The number of aromatic nitrogens is 3. The molecule has 2 N–H and O–H groups in total. The summed E-state index contributed by atoms with van der Waals surface area (Å²) in [5.41, 5.74) is 0. The summed E-state index contributed by atoms with van der Waals surface area (Å²) in [6, 6.07) is 1.83. The van der Waals surface area contributed by atoms with E-state index in [2.05, 4.69) is 22.3 Å². The van der Waals surface area contributed by atoms with E-state index >= 15 is 0 Å². The molecule has 6 heteroatoms. The molecule has 1 rings (SSSR count). The van der Waals surface area contributed by atoms with Crippen LogP contribution in [-0.4, -0.2) is 39.1 Å². The molecule has 1 aromatic rings. The Hall–Kier alpha value is -1.45. The average Bonchev–Trinajstić information content (AvgIpc) is 2.66. The van der Waals surface area contributed by atoms with Crippen LogP contribution in [0.25, 0.3) is 0 Å². The molecule has 0 aliphatic carbocycles. The van der Waals surface area contributed by atoms with Crippen LogP contribution in [0.5, 0.6) is 0 Å². The number of nitriles is 1. The monoisotopic (exact) mass is 209 g/mol. The van der Waals surface area contributed by atoms with E-state index in [9.17, 15) is 5.11 Å². The van der Waals surface area contributed by atoms with Gasteiger partial charge in [0.2, 0.25) is 0 Å². The average molecular weight is 209 g/mol. The van der Waals surface area contributed by atoms with Crippen molar-refractivity contribution in [3.63, 3.8) is 0 Å². The molecule has 1 atom stereocenters. The Balaban J connectivity index is 2.31. The van der Waals surface area contributed by atoms with Gasteiger partial charge >= 0.3 is 0 Å². The molecule has 0 radical (unpaired) electrons. The number of hydrogen-bond acceptors (Lipinski definition) is 5. The highest BCUT2D eigenvalue weighted by molar-refractivity contribution is 5.05. The quantitative estimate of drug-likeness (QED) is 0.617. The minimum Gasteiger partial charge on any atom is -0.390 e. The normalized spacial score (nSPS) is 12.3. The van der Waals surface area contributed by atoms with Gasteiger partial charge in [-0.25, -0.2) is 9.67 Å². The predicted molar refractivity (Wildman–Crippen MR) is 53.9 cm³/mol. The minimum absolute atomic E-state index is 0.128. The van der Waals surface area contributed by atoms with Crippen molar-refractivity contribution in [3.8, 4) is 6.07 Å². The molecule has 82 valence electrons. The van der Waals surface area contributed by atoms with Crippen molar-refractivity contribution in [1.29, 1.82) is 5.26 Å². The van der Waals surface area contributed by atoms with Crippen molar-refractivity contribution in [2.45, 2.75) is 26.0 Å². The lowest BCUT2D eigenvalue weighted by atomic mass is 10.3. The number of aliphatic hydroxyl groups is 1. The van der Waals surface area contributed by atoms with E-state index < -0.39 is 6.10 Å². The Bertz CT molecular complexity index is 329. The largest absolute Gasteiger partial charge is 0.390 e. The highest BCUT2D eigenvalue weighted by Gasteiger charge is 2.06. The fourth-order valence-electron chi connectivity index (χ4n) is 1.16. The molecule has 0 aliphatic heterocycles. The maximum atomic E-state index is 9.58. The van der Waals surface area contributed by atoms with Crippen LogP contribution in [0, 0.1) is 11.3 Å².